The number of aliphatic hydroxyl groups excluding tert-OH is 1. The second kappa shape index (κ2) is 4.03. The van der Waals surface area contributed by atoms with Crippen molar-refractivity contribution < 1.29 is 5.11 Å². The Morgan fingerprint density at radius 3 is 2.67 bits per heavy atom. The summed E-state index contributed by atoms with van der Waals surface area (Å²) in [5, 5.41) is 9.22. The monoisotopic (exact) mass is 229 g/mol. The zero-order valence-corrected chi connectivity index (χ0v) is 8.45. The highest BCUT2D eigenvalue weighted by atomic mass is 79.9. The molecule has 12 heavy (non-hydrogen) atoms. The van der Waals surface area contributed by atoms with E-state index in [-0.39, 0.29) is 6.04 Å². The molecule has 2 atom stereocenters. The van der Waals surface area contributed by atoms with Crippen LogP contribution in [0.3, 0.4) is 0 Å². The lowest BCUT2D eigenvalue weighted by Gasteiger charge is -2.14. The van der Waals surface area contributed by atoms with Gasteiger partial charge < -0.3 is 10.8 Å². The highest BCUT2D eigenvalue weighted by Gasteiger charge is 2.11. The van der Waals surface area contributed by atoms with Gasteiger partial charge in [-0.05, 0) is 24.6 Å². The standard InChI is InChI=1S/C9H12BrNO/c1-6(12)9(11)7-3-2-4-8(10)5-7/h2-6,9,12H,11H2,1H3/t6-,9+/m0/s1. The Morgan fingerprint density at radius 1 is 1.50 bits per heavy atom. The predicted molar refractivity (Wildman–Crippen MR) is 52.8 cm³/mol. The molecule has 0 aliphatic carbocycles. The van der Waals surface area contributed by atoms with Crippen LogP contribution >= 0.6 is 15.9 Å². The summed E-state index contributed by atoms with van der Waals surface area (Å²) in [4.78, 5) is 0. The number of rotatable bonds is 2. The summed E-state index contributed by atoms with van der Waals surface area (Å²) in [5.74, 6) is 0. The highest BCUT2D eigenvalue weighted by Crippen LogP contribution is 2.18. The van der Waals surface area contributed by atoms with Crippen molar-refractivity contribution in [2.75, 3.05) is 0 Å². The summed E-state index contributed by atoms with van der Waals surface area (Å²) in [6, 6.07) is 7.35. The van der Waals surface area contributed by atoms with Gasteiger partial charge in [-0.25, -0.2) is 0 Å². The Kier molecular flexibility index (Phi) is 3.26. The molecule has 1 aromatic carbocycles. The lowest BCUT2D eigenvalue weighted by atomic mass is 10.0. The minimum Gasteiger partial charge on any atom is -0.391 e. The molecule has 0 radical (unpaired) electrons. The van der Waals surface area contributed by atoms with Gasteiger partial charge in [0.1, 0.15) is 0 Å². The van der Waals surface area contributed by atoms with Crippen LogP contribution in [0.1, 0.15) is 18.5 Å². The Labute approximate surface area is 80.5 Å². The third-order valence-electron chi connectivity index (χ3n) is 1.75. The van der Waals surface area contributed by atoms with Gasteiger partial charge >= 0.3 is 0 Å². The van der Waals surface area contributed by atoms with Crippen LogP contribution in [0.4, 0.5) is 0 Å². The van der Waals surface area contributed by atoms with Gasteiger partial charge in [0.15, 0.2) is 0 Å². The van der Waals surface area contributed by atoms with Crippen LogP contribution in [0.25, 0.3) is 0 Å². The van der Waals surface area contributed by atoms with E-state index in [9.17, 15) is 5.11 Å². The van der Waals surface area contributed by atoms with Crippen LogP contribution in [0.15, 0.2) is 28.7 Å². The lowest BCUT2D eigenvalue weighted by molar-refractivity contribution is 0.164. The molecule has 0 spiro atoms. The molecule has 1 rings (SSSR count). The second-order valence-electron chi connectivity index (χ2n) is 2.82. The van der Waals surface area contributed by atoms with E-state index in [1.54, 1.807) is 6.92 Å². The summed E-state index contributed by atoms with van der Waals surface area (Å²) in [5.41, 5.74) is 6.68. The molecule has 3 heteroatoms. The predicted octanol–water partition coefficient (Wildman–Crippen LogP) is 1.83. The molecule has 0 aromatic heterocycles. The van der Waals surface area contributed by atoms with Crippen molar-refractivity contribution in [3.05, 3.63) is 34.3 Å². The number of hydrogen-bond acceptors (Lipinski definition) is 2. The highest BCUT2D eigenvalue weighted by molar-refractivity contribution is 9.10. The minimum absolute atomic E-state index is 0.303. The first kappa shape index (κ1) is 9.71. The van der Waals surface area contributed by atoms with E-state index in [0.717, 1.165) is 10.0 Å². The van der Waals surface area contributed by atoms with E-state index in [1.807, 2.05) is 24.3 Å². The maximum Gasteiger partial charge on any atom is 0.0704 e. The summed E-state index contributed by atoms with van der Waals surface area (Å²) in [7, 11) is 0. The molecular weight excluding hydrogens is 218 g/mol. The van der Waals surface area contributed by atoms with E-state index in [4.69, 9.17) is 5.73 Å². The zero-order valence-electron chi connectivity index (χ0n) is 6.87. The molecule has 0 fully saturated rings. The van der Waals surface area contributed by atoms with Crippen LogP contribution in [0.5, 0.6) is 0 Å². The lowest BCUT2D eigenvalue weighted by Crippen LogP contribution is -2.22. The third kappa shape index (κ3) is 2.30. The van der Waals surface area contributed by atoms with Gasteiger partial charge in [0.2, 0.25) is 0 Å². The molecule has 0 aliphatic heterocycles. The normalized spacial score (nSPS) is 15.7. The first-order valence-electron chi connectivity index (χ1n) is 3.80. The van der Waals surface area contributed by atoms with Gasteiger partial charge in [0.25, 0.3) is 0 Å². The average molecular weight is 230 g/mol. The number of aliphatic hydroxyl groups is 1. The third-order valence-corrected chi connectivity index (χ3v) is 2.25. The number of halogens is 1. The molecule has 0 bridgehead atoms. The molecule has 3 N–H and O–H groups in total. The molecule has 0 saturated heterocycles. The van der Waals surface area contributed by atoms with Gasteiger partial charge in [-0.2, -0.15) is 0 Å². The fraction of sp³-hybridized carbons (Fsp3) is 0.333. The first-order chi connectivity index (χ1) is 5.61. The van der Waals surface area contributed by atoms with Crippen LogP contribution < -0.4 is 5.73 Å². The molecule has 0 unspecified atom stereocenters. The molecule has 0 aliphatic rings. The minimum atomic E-state index is -0.515. The van der Waals surface area contributed by atoms with Gasteiger partial charge in [-0.15, -0.1) is 0 Å². The first-order valence-corrected chi connectivity index (χ1v) is 4.59. The van der Waals surface area contributed by atoms with Crippen molar-refractivity contribution in [2.45, 2.75) is 19.1 Å². The van der Waals surface area contributed by atoms with Crippen molar-refractivity contribution in [1.82, 2.24) is 0 Å². The Morgan fingerprint density at radius 2 is 2.17 bits per heavy atom. The maximum atomic E-state index is 9.22. The summed E-state index contributed by atoms with van der Waals surface area (Å²) >= 11 is 3.34. The SMILES string of the molecule is C[C@H](O)[C@@H](N)c1cccc(Br)c1. The van der Waals surface area contributed by atoms with Crippen LogP contribution in [0.2, 0.25) is 0 Å². The van der Waals surface area contributed by atoms with Crippen LogP contribution in [0, 0.1) is 0 Å². The maximum absolute atomic E-state index is 9.22. The molecular formula is C9H12BrNO. The number of nitrogens with two attached hydrogens (primary N) is 1. The molecule has 0 saturated carbocycles. The molecule has 2 nitrogen and oxygen atoms in total. The average Bonchev–Trinajstić information content (AvgIpc) is 2.03. The Balaban J connectivity index is 2.88. The largest absolute Gasteiger partial charge is 0.391 e. The van der Waals surface area contributed by atoms with E-state index < -0.39 is 6.10 Å². The second-order valence-corrected chi connectivity index (χ2v) is 3.74. The summed E-state index contributed by atoms with van der Waals surface area (Å²) in [6.07, 6.45) is -0.515. The van der Waals surface area contributed by atoms with E-state index in [2.05, 4.69) is 15.9 Å². The van der Waals surface area contributed by atoms with Crippen molar-refractivity contribution in [2.24, 2.45) is 5.73 Å². The van der Waals surface area contributed by atoms with Gasteiger partial charge in [0.05, 0.1) is 12.1 Å². The molecule has 0 heterocycles. The quantitative estimate of drug-likeness (QED) is 0.814. The Hall–Kier alpha value is -0.380. The number of benzene rings is 1. The molecule has 66 valence electrons. The van der Waals surface area contributed by atoms with E-state index in [1.165, 1.54) is 0 Å². The number of hydrogen-bond donors (Lipinski definition) is 2. The van der Waals surface area contributed by atoms with Gasteiger partial charge in [-0.1, -0.05) is 28.1 Å². The Bertz CT molecular complexity index is 262. The van der Waals surface area contributed by atoms with Gasteiger partial charge in [-0.3, -0.25) is 0 Å². The van der Waals surface area contributed by atoms with Crippen molar-refractivity contribution >= 4 is 15.9 Å². The van der Waals surface area contributed by atoms with E-state index >= 15 is 0 Å². The van der Waals surface area contributed by atoms with Crippen molar-refractivity contribution in [3.63, 3.8) is 0 Å². The fourth-order valence-corrected chi connectivity index (χ4v) is 1.41. The molecule has 0 amide bonds. The zero-order chi connectivity index (χ0) is 9.14. The summed E-state index contributed by atoms with van der Waals surface area (Å²) in [6.45, 7) is 1.69. The summed E-state index contributed by atoms with van der Waals surface area (Å²) < 4.78 is 0.983. The van der Waals surface area contributed by atoms with Crippen molar-refractivity contribution in [3.8, 4) is 0 Å². The fourth-order valence-electron chi connectivity index (χ4n) is 0.992. The van der Waals surface area contributed by atoms with E-state index in [0.29, 0.717) is 0 Å². The van der Waals surface area contributed by atoms with Crippen LogP contribution in [-0.4, -0.2) is 11.2 Å². The molecule has 1 aromatic rings. The topological polar surface area (TPSA) is 46.2 Å². The van der Waals surface area contributed by atoms with Gasteiger partial charge in [0, 0.05) is 4.47 Å². The van der Waals surface area contributed by atoms with Crippen LogP contribution in [-0.2, 0) is 0 Å². The smallest absolute Gasteiger partial charge is 0.0704 e. The van der Waals surface area contributed by atoms with Crippen molar-refractivity contribution in [1.29, 1.82) is 0 Å².